The van der Waals surface area contributed by atoms with Gasteiger partial charge in [-0.25, -0.2) is 4.98 Å². The van der Waals surface area contributed by atoms with E-state index in [4.69, 9.17) is 16.0 Å². The van der Waals surface area contributed by atoms with Crippen LogP contribution in [0.5, 0.6) is 0 Å². The molecule has 0 fully saturated rings. The molecule has 0 radical (unpaired) electrons. The number of nitrogens with zero attached hydrogens (tertiary/aromatic N) is 1. The van der Waals surface area contributed by atoms with E-state index >= 15 is 0 Å². The standard InChI is InChI=1S/C24H15ClN2O2S/c25-17-8-3-7-16(13-17)21-11-12-22(29-21)23(28)27-24-26-20(14-30-24)19-10-4-6-15-5-1-2-9-18(15)19/h1-14H,(H,26,27,28). The van der Waals surface area contributed by atoms with Gasteiger partial charge in [0.15, 0.2) is 10.9 Å². The highest BCUT2D eigenvalue weighted by molar-refractivity contribution is 7.14. The number of hydrogen-bond acceptors (Lipinski definition) is 4. The molecule has 0 saturated carbocycles. The summed E-state index contributed by atoms with van der Waals surface area (Å²) in [6.07, 6.45) is 0. The summed E-state index contributed by atoms with van der Waals surface area (Å²) in [5.41, 5.74) is 2.67. The molecule has 3 aromatic carbocycles. The molecule has 0 aliphatic rings. The van der Waals surface area contributed by atoms with Crippen LogP contribution in [0.2, 0.25) is 5.02 Å². The molecule has 0 spiro atoms. The minimum absolute atomic E-state index is 0.215. The van der Waals surface area contributed by atoms with Gasteiger partial charge in [0.1, 0.15) is 5.76 Å². The van der Waals surface area contributed by atoms with Crippen LogP contribution >= 0.6 is 22.9 Å². The highest BCUT2D eigenvalue weighted by atomic mass is 35.5. The van der Waals surface area contributed by atoms with Crippen LogP contribution in [-0.4, -0.2) is 10.9 Å². The maximum Gasteiger partial charge on any atom is 0.293 e. The molecule has 2 aromatic heterocycles. The number of hydrogen-bond donors (Lipinski definition) is 1. The van der Waals surface area contributed by atoms with Gasteiger partial charge in [0.2, 0.25) is 0 Å². The number of anilines is 1. The normalized spacial score (nSPS) is 11.0. The Morgan fingerprint density at radius 3 is 2.70 bits per heavy atom. The highest BCUT2D eigenvalue weighted by Crippen LogP contribution is 2.31. The van der Waals surface area contributed by atoms with E-state index in [1.165, 1.54) is 11.3 Å². The van der Waals surface area contributed by atoms with Gasteiger partial charge in [-0.05, 0) is 35.0 Å². The van der Waals surface area contributed by atoms with E-state index in [9.17, 15) is 4.79 Å². The summed E-state index contributed by atoms with van der Waals surface area (Å²) in [5.74, 6) is 0.451. The van der Waals surface area contributed by atoms with E-state index in [-0.39, 0.29) is 11.7 Å². The molecule has 5 rings (SSSR count). The van der Waals surface area contributed by atoms with Crippen molar-refractivity contribution >= 4 is 44.7 Å². The van der Waals surface area contributed by atoms with Gasteiger partial charge in [0.05, 0.1) is 5.69 Å². The SMILES string of the molecule is O=C(Nc1nc(-c2cccc3ccccc23)cs1)c1ccc(-c2cccc(Cl)c2)o1. The number of benzene rings is 3. The monoisotopic (exact) mass is 430 g/mol. The lowest BCUT2D eigenvalue weighted by Gasteiger charge is -2.03. The fourth-order valence-electron chi connectivity index (χ4n) is 3.32. The number of amides is 1. The molecular weight excluding hydrogens is 416 g/mol. The molecule has 0 bridgehead atoms. The maximum absolute atomic E-state index is 12.6. The summed E-state index contributed by atoms with van der Waals surface area (Å²) in [4.78, 5) is 17.2. The fraction of sp³-hybridized carbons (Fsp3) is 0. The summed E-state index contributed by atoms with van der Waals surface area (Å²) in [5, 5.41) is 8.17. The quantitative estimate of drug-likeness (QED) is 0.330. The first-order valence-electron chi connectivity index (χ1n) is 9.28. The van der Waals surface area contributed by atoms with Gasteiger partial charge in [0.25, 0.3) is 5.91 Å². The Morgan fingerprint density at radius 1 is 0.967 bits per heavy atom. The van der Waals surface area contributed by atoms with Crippen molar-refractivity contribution in [2.75, 3.05) is 5.32 Å². The summed E-state index contributed by atoms with van der Waals surface area (Å²) < 4.78 is 5.71. The topological polar surface area (TPSA) is 55.1 Å². The average Bonchev–Trinajstić information content (AvgIpc) is 3.43. The first-order chi connectivity index (χ1) is 14.7. The second kappa shape index (κ2) is 7.78. The van der Waals surface area contributed by atoms with Crippen molar-refractivity contribution in [1.82, 2.24) is 4.98 Å². The first kappa shape index (κ1) is 18.6. The van der Waals surface area contributed by atoms with Crippen LogP contribution in [-0.2, 0) is 0 Å². The van der Waals surface area contributed by atoms with Gasteiger partial charge in [0, 0.05) is 21.5 Å². The lowest BCUT2D eigenvalue weighted by molar-refractivity contribution is 0.0997. The first-order valence-corrected chi connectivity index (χ1v) is 10.5. The van der Waals surface area contributed by atoms with Gasteiger partial charge in [-0.3, -0.25) is 10.1 Å². The Hall–Kier alpha value is -3.41. The lowest BCUT2D eigenvalue weighted by Crippen LogP contribution is -2.10. The van der Waals surface area contributed by atoms with Crippen molar-refractivity contribution in [3.63, 3.8) is 0 Å². The molecule has 30 heavy (non-hydrogen) atoms. The zero-order valence-electron chi connectivity index (χ0n) is 15.6. The van der Waals surface area contributed by atoms with E-state index < -0.39 is 0 Å². The number of fused-ring (bicyclic) bond motifs is 1. The third-order valence-corrected chi connectivity index (χ3v) is 5.72. The van der Waals surface area contributed by atoms with Crippen LogP contribution in [0.4, 0.5) is 5.13 Å². The molecule has 1 amide bonds. The van der Waals surface area contributed by atoms with Crippen LogP contribution in [0.15, 0.2) is 88.7 Å². The van der Waals surface area contributed by atoms with Gasteiger partial charge in [-0.2, -0.15) is 0 Å². The Bertz CT molecular complexity index is 1370. The van der Waals surface area contributed by atoms with Crippen molar-refractivity contribution < 1.29 is 9.21 Å². The average molecular weight is 431 g/mol. The number of furan rings is 1. The predicted octanol–water partition coefficient (Wildman–Crippen LogP) is 7.13. The van der Waals surface area contributed by atoms with E-state index in [2.05, 4.69) is 28.5 Å². The van der Waals surface area contributed by atoms with Crippen LogP contribution in [0.25, 0.3) is 33.4 Å². The van der Waals surface area contributed by atoms with E-state index in [0.717, 1.165) is 27.6 Å². The molecular formula is C24H15ClN2O2S. The Kier molecular flexibility index (Phi) is 4.83. The van der Waals surface area contributed by atoms with Crippen LogP contribution in [0.3, 0.4) is 0 Å². The van der Waals surface area contributed by atoms with Crippen molar-refractivity contribution in [3.8, 4) is 22.6 Å². The molecule has 5 aromatic rings. The maximum atomic E-state index is 12.6. The third-order valence-electron chi connectivity index (χ3n) is 4.73. The van der Waals surface area contributed by atoms with Crippen LogP contribution in [0, 0.1) is 0 Å². The predicted molar refractivity (Wildman–Crippen MR) is 122 cm³/mol. The fourth-order valence-corrected chi connectivity index (χ4v) is 4.22. The summed E-state index contributed by atoms with van der Waals surface area (Å²) in [6, 6.07) is 25.0. The Morgan fingerprint density at radius 2 is 1.80 bits per heavy atom. The van der Waals surface area contributed by atoms with Gasteiger partial charge in [-0.1, -0.05) is 66.2 Å². The minimum atomic E-state index is -0.345. The zero-order valence-corrected chi connectivity index (χ0v) is 17.2. The van der Waals surface area contributed by atoms with Crippen molar-refractivity contribution in [2.45, 2.75) is 0 Å². The molecule has 2 heterocycles. The minimum Gasteiger partial charge on any atom is -0.451 e. The number of thiazole rings is 1. The van der Waals surface area contributed by atoms with Gasteiger partial charge < -0.3 is 4.42 Å². The largest absolute Gasteiger partial charge is 0.451 e. The third kappa shape index (κ3) is 3.61. The summed E-state index contributed by atoms with van der Waals surface area (Å²) in [7, 11) is 0. The Balaban J connectivity index is 1.37. The highest BCUT2D eigenvalue weighted by Gasteiger charge is 2.15. The molecule has 0 unspecified atom stereocenters. The van der Waals surface area contributed by atoms with Gasteiger partial charge >= 0.3 is 0 Å². The lowest BCUT2D eigenvalue weighted by atomic mass is 10.0. The molecule has 0 atom stereocenters. The van der Waals surface area contributed by atoms with Crippen molar-refractivity contribution in [3.05, 3.63) is 95.0 Å². The Labute approximate surface area is 181 Å². The molecule has 4 nitrogen and oxygen atoms in total. The van der Waals surface area contributed by atoms with Crippen molar-refractivity contribution in [2.24, 2.45) is 0 Å². The second-order valence-corrected chi connectivity index (χ2v) is 7.99. The number of rotatable bonds is 4. The molecule has 146 valence electrons. The molecule has 0 saturated heterocycles. The number of carbonyl (C=O) groups excluding carboxylic acids is 1. The van der Waals surface area contributed by atoms with Crippen LogP contribution in [0.1, 0.15) is 10.6 Å². The molecule has 0 aliphatic heterocycles. The second-order valence-electron chi connectivity index (χ2n) is 6.69. The number of carbonyl (C=O) groups is 1. The van der Waals surface area contributed by atoms with E-state index in [1.807, 2.05) is 41.8 Å². The molecule has 1 N–H and O–H groups in total. The van der Waals surface area contributed by atoms with E-state index in [1.54, 1.807) is 24.3 Å². The van der Waals surface area contributed by atoms with Crippen LogP contribution < -0.4 is 5.32 Å². The smallest absolute Gasteiger partial charge is 0.293 e. The zero-order chi connectivity index (χ0) is 20.5. The summed E-state index contributed by atoms with van der Waals surface area (Å²) in [6.45, 7) is 0. The van der Waals surface area contributed by atoms with Gasteiger partial charge in [-0.15, -0.1) is 11.3 Å². The molecule has 0 aliphatic carbocycles. The number of aromatic nitrogens is 1. The molecule has 6 heteroatoms. The number of nitrogens with one attached hydrogen (secondary N) is 1. The number of halogens is 1. The summed E-state index contributed by atoms with van der Waals surface area (Å²) >= 11 is 7.41. The van der Waals surface area contributed by atoms with E-state index in [0.29, 0.717) is 15.9 Å². The van der Waals surface area contributed by atoms with Crippen molar-refractivity contribution in [1.29, 1.82) is 0 Å².